The lowest BCUT2D eigenvalue weighted by Gasteiger charge is -2.22. The van der Waals surface area contributed by atoms with Crippen molar-refractivity contribution in [1.82, 2.24) is 15.3 Å². The highest BCUT2D eigenvalue weighted by molar-refractivity contribution is 7.17. The number of nitrogens with zero attached hydrogens (tertiary/aromatic N) is 3. The standard InChI is InChI=1S/C18H19ClN4S/c1-12-21-17(23-9-2-7-20-8-10-23)16-15(11-24-18(16)22-12)13-3-5-14(19)6-4-13/h3-6,11,20H,2,7-10H2,1H3. The topological polar surface area (TPSA) is 41.1 Å². The van der Waals surface area contributed by atoms with Gasteiger partial charge < -0.3 is 10.2 Å². The minimum atomic E-state index is 0.754. The summed E-state index contributed by atoms with van der Waals surface area (Å²) in [4.78, 5) is 12.9. The monoisotopic (exact) mass is 358 g/mol. The first-order chi connectivity index (χ1) is 11.7. The minimum Gasteiger partial charge on any atom is -0.355 e. The lowest BCUT2D eigenvalue weighted by molar-refractivity contribution is 0.724. The van der Waals surface area contributed by atoms with Gasteiger partial charge in [-0.05, 0) is 37.6 Å². The molecule has 0 atom stereocenters. The largest absolute Gasteiger partial charge is 0.355 e. The fourth-order valence-electron chi connectivity index (χ4n) is 3.16. The summed E-state index contributed by atoms with van der Waals surface area (Å²) in [6.45, 7) is 6.03. The van der Waals surface area contributed by atoms with Crippen LogP contribution >= 0.6 is 22.9 Å². The van der Waals surface area contributed by atoms with Crippen molar-refractivity contribution < 1.29 is 0 Å². The summed E-state index contributed by atoms with van der Waals surface area (Å²) in [5.74, 6) is 1.90. The molecule has 1 aliphatic rings. The molecule has 0 unspecified atom stereocenters. The van der Waals surface area contributed by atoms with Crippen LogP contribution in [-0.4, -0.2) is 36.1 Å². The van der Waals surface area contributed by atoms with Gasteiger partial charge in [0.2, 0.25) is 0 Å². The summed E-state index contributed by atoms with van der Waals surface area (Å²) in [5, 5.41) is 7.56. The number of fused-ring (bicyclic) bond motifs is 1. The van der Waals surface area contributed by atoms with Gasteiger partial charge in [0, 0.05) is 35.6 Å². The first-order valence-electron chi connectivity index (χ1n) is 8.20. The SMILES string of the molecule is Cc1nc(N2CCCNCC2)c2c(-c3ccc(Cl)cc3)csc2n1. The van der Waals surface area contributed by atoms with E-state index in [0.29, 0.717) is 0 Å². The summed E-state index contributed by atoms with van der Waals surface area (Å²) in [6.07, 6.45) is 1.13. The van der Waals surface area contributed by atoms with Crippen LogP contribution in [0.3, 0.4) is 0 Å². The Morgan fingerprint density at radius 3 is 2.79 bits per heavy atom. The molecule has 2 aromatic heterocycles. The van der Waals surface area contributed by atoms with Crippen molar-refractivity contribution in [2.75, 3.05) is 31.1 Å². The number of hydrogen-bond acceptors (Lipinski definition) is 5. The quantitative estimate of drug-likeness (QED) is 0.748. The Hall–Kier alpha value is -1.69. The molecule has 4 nitrogen and oxygen atoms in total. The third kappa shape index (κ3) is 2.99. The van der Waals surface area contributed by atoms with E-state index in [1.54, 1.807) is 11.3 Å². The number of anilines is 1. The summed E-state index contributed by atoms with van der Waals surface area (Å²) in [7, 11) is 0. The van der Waals surface area contributed by atoms with Crippen LogP contribution in [0.5, 0.6) is 0 Å². The molecule has 0 spiro atoms. The first kappa shape index (κ1) is 15.8. The predicted molar refractivity (Wildman–Crippen MR) is 102 cm³/mol. The van der Waals surface area contributed by atoms with Crippen molar-refractivity contribution in [1.29, 1.82) is 0 Å². The van der Waals surface area contributed by atoms with E-state index in [0.717, 1.165) is 65.0 Å². The predicted octanol–water partition coefficient (Wildman–Crippen LogP) is 4.12. The third-order valence-electron chi connectivity index (χ3n) is 4.32. The molecular formula is C18H19ClN4S. The molecule has 1 N–H and O–H groups in total. The number of hydrogen-bond donors (Lipinski definition) is 1. The Morgan fingerprint density at radius 2 is 1.96 bits per heavy atom. The smallest absolute Gasteiger partial charge is 0.141 e. The molecule has 1 saturated heterocycles. The fraction of sp³-hybridized carbons (Fsp3) is 0.333. The number of halogens is 1. The number of aryl methyl sites for hydroxylation is 1. The second-order valence-corrected chi connectivity index (χ2v) is 7.32. The summed E-state index contributed by atoms with van der Waals surface area (Å²) >= 11 is 7.73. The van der Waals surface area contributed by atoms with E-state index in [4.69, 9.17) is 16.6 Å². The molecule has 1 fully saturated rings. The van der Waals surface area contributed by atoms with Gasteiger partial charge in [0.05, 0.1) is 5.39 Å². The van der Waals surface area contributed by atoms with E-state index in [9.17, 15) is 0 Å². The zero-order valence-electron chi connectivity index (χ0n) is 13.6. The van der Waals surface area contributed by atoms with Crippen molar-refractivity contribution in [3.05, 3.63) is 40.5 Å². The average Bonchev–Trinajstić information content (AvgIpc) is 2.81. The van der Waals surface area contributed by atoms with Gasteiger partial charge >= 0.3 is 0 Å². The van der Waals surface area contributed by atoms with Crippen LogP contribution in [0.25, 0.3) is 21.3 Å². The Balaban J connectivity index is 1.88. The zero-order valence-corrected chi connectivity index (χ0v) is 15.1. The van der Waals surface area contributed by atoms with Gasteiger partial charge in [0.25, 0.3) is 0 Å². The third-order valence-corrected chi connectivity index (χ3v) is 5.45. The van der Waals surface area contributed by atoms with Crippen LogP contribution in [0.1, 0.15) is 12.2 Å². The van der Waals surface area contributed by atoms with Gasteiger partial charge in [0.15, 0.2) is 0 Å². The maximum Gasteiger partial charge on any atom is 0.141 e. The van der Waals surface area contributed by atoms with E-state index in [2.05, 4.69) is 32.7 Å². The molecule has 124 valence electrons. The minimum absolute atomic E-state index is 0.754. The second kappa shape index (κ2) is 6.67. The van der Waals surface area contributed by atoms with Gasteiger partial charge in [-0.1, -0.05) is 23.7 Å². The lowest BCUT2D eigenvalue weighted by atomic mass is 10.1. The summed E-state index contributed by atoms with van der Waals surface area (Å²) in [5.41, 5.74) is 2.35. The van der Waals surface area contributed by atoms with Gasteiger partial charge in [-0.3, -0.25) is 0 Å². The van der Waals surface area contributed by atoms with E-state index >= 15 is 0 Å². The van der Waals surface area contributed by atoms with E-state index < -0.39 is 0 Å². The molecule has 4 rings (SSSR count). The molecule has 3 aromatic rings. The molecule has 1 aliphatic heterocycles. The van der Waals surface area contributed by atoms with Gasteiger partial charge in [0.1, 0.15) is 16.5 Å². The van der Waals surface area contributed by atoms with Gasteiger partial charge in [-0.2, -0.15) is 0 Å². The van der Waals surface area contributed by atoms with Crippen LogP contribution in [0, 0.1) is 6.92 Å². The number of thiophene rings is 1. The number of nitrogens with one attached hydrogen (secondary N) is 1. The molecule has 24 heavy (non-hydrogen) atoms. The Kier molecular flexibility index (Phi) is 4.39. The molecule has 0 aliphatic carbocycles. The van der Waals surface area contributed by atoms with Crippen LogP contribution in [0.4, 0.5) is 5.82 Å². The average molecular weight is 359 g/mol. The Labute approximate surface area is 150 Å². The van der Waals surface area contributed by atoms with Gasteiger partial charge in [-0.15, -0.1) is 11.3 Å². The first-order valence-corrected chi connectivity index (χ1v) is 9.45. The van der Waals surface area contributed by atoms with Crippen molar-refractivity contribution in [3.63, 3.8) is 0 Å². The number of aromatic nitrogens is 2. The van der Waals surface area contributed by atoms with E-state index in [-0.39, 0.29) is 0 Å². The highest BCUT2D eigenvalue weighted by atomic mass is 35.5. The van der Waals surface area contributed by atoms with Crippen molar-refractivity contribution >= 4 is 39.0 Å². The molecular weight excluding hydrogens is 340 g/mol. The van der Waals surface area contributed by atoms with Crippen LogP contribution in [0.15, 0.2) is 29.6 Å². The van der Waals surface area contributed by atoms with Crippen LogP contribution in [0.2, 0.25) is 5.02 Å². The molecule has 0 radical (unpaired) electrons. The summed E-state index contributed by atoms with van der Waals surface area (Å²) in [6, 6.07) is 8.00. The molecule has 1 aromatic carbocycles. The second-order valence-electron chi connectivity index (χ2n) is 6.02. The number of benzene rings is 1. The highest BCUT2D eigenvalue weighted by Crippen LogP contribution is 2.38. The fourth-order valence-corrected chi connectivity index (χ4v) is 4.27. The molecule has 3 heterocycles. The normalized spacial score (nSPS) is 15.7. The van der Waals surface area contributed by atoms with E-state index in [1.165, 1.54) is 5.56 Å². The maximum atomic E-state index is 6.05. The lowest BCUT2D eigenvalue weighted by Crippen LogP contribution is -2.29. The molecule has 0 bridgehead atoms. The maximum absolute atomic E-state index is 6.05. The van der Waals surface area contributed by atoms with Gasteiger partial charge in [-0.25, -0.2) is 9.97 Å². The summed E-state index contributed by atoms with van der Waals surface area (Å²) < 4.78 is 0. The molecule has 6 heteroatoms. The van der Waals surface area contributed by atoms with Crippen LogP contribution in [-0.2, 0) is 0 Å². The zero-order chi connectivity index (χ0) is 16.5. The molecule has 0 saturated carbocycles. The Bertz CT molecular complexity index is 851. The van der Waals surface area contributed by atoms with Crippen molar-refractivity contribution in [2.24, 2.45) is 0 Å². The Morgan fingerprint density at radius 1 is 1.12 bits per heavy atom. The van der Waals surface area contributed by atoms with E-state index in [1.807, 2.05) is 19.1 Å². The van der Waals surface area contributed by atoms with Crippen molar-refractivity contribution in [2.45, 2.75) is 13.3 Å². The number of rotatable bonds is 2. The van der Waals surface area contributed by atoms with Crippen molar-refractivity contribution in [3.8, 4) is 11.1 Å². The molecule has 0 amide bonds. The highest BCUT2D eigenvalue weighted by Gasteiger charge is 2.19. The van der Waals surface area contributed by atoms with Crippen LogP contribution < -0.4 is 10.2 Å².